The molecular weight excluding hydrogens is 362 g/mol. The number of carboxylic acids is 1. The zero-order valence-electron chi connectivity index (χ0n) is 16.7. The Morgan fingerprint density at radius 2 is 1.79 bits per heavy atom. The molecule has 1 heterocycles. The summed E-state index contributed by atoms with van der Waals surface area (Å²) in [4.78, 5) is 37.4. The second kappa shape index (κ2) is 9.57. The number of carbonyl (C=O) groups is 3. The van der Waals surface area contributed by atoms with E-state index in [0.717, 1.165) is 5.56 Å². The molecule has 0 spiro atoms. The summed E-state index contributed by atoms with van der Waals surface area (Å²) in [6, 6.07) is 9.38. The van der Waals surface area contributed by atoms with Gasteiger partial charge in [-0.25, -0.2) is 4.79 Å². The van der Waals surface area contributed by atoms with Gasteiger partial charge < -0.3 is 19.5 Å². The molecule has 1 amide bonds. The molecule has 2 rings (SSSR count). The Balaban J connectivity index is 1.97. The molecule has 1 saturated heterocycles. The molecule has 1 aromatic rings. The van der Waals surface area contributed by atoms with Crippen LogP contribution in [0.2, 0.25) is 0 Å². The topological polar surface area (TPSA) is 93.1 Å². The highest BCUT2D eigenvalue weighted by Gasteiger charge is 2.35. The van der Waals surface area contributed by atoms with Crippen LogP contribution >= 0.6 is 0 Å². The summed E-state index contributed by atoms with van der Waals surface area (Å²) in [5.41, 5.74) is 0.282. The number of benzene rings is 1. The Labute approximate surface area is 165 Å². The predicted molar refractivity (Wildman–Crippen MR) is 103 cm³/mol. The zero-order valence-corrected chi connectivity index (χ0v) is 16.7. The quantitative estimate of drug-likeness (QED) is 0.747. The third kappa shape index (κ3) is 7.21. The van der Waals surface area contributed by atoms with Crippen LogP contribution in [-0.2, 0) is 25.7 Å². The van der Waals surface area contributed by atoms with Crippen LogP contribution in [0.25, 0.3) is 0 Å². The molecule has 7 nitrogen and oxygen atoms in total. The first kappa shape index (κ1) is 21.7. The van der Waals surface area contributed by atoms with Gasteiger partial charge in [-0.3, -0.25) is 9.59 Å². The van der Waals surface area contributed by atoms with Gasteiger partial charge in [0.25, 0.3) is 0 Å². The summed E-state index contributed by atoms with van der Waals surface area (Å²) in [6.07, 6.45) is 0.116. The highest BCUT2D eigenvalue weighted by atomic mass is 16.6. The van der Waals surface area contributed by atoms with Crippen LogP contribution < -0.4 is 0 Å². The van der Waals surface area contributed by atoms with Crippen molar-refractivity contribution in [1.82, 2.24) is 4.90 Å². The number of nitrogens with zero attached hydrogens (tertiary/aromatic N) is 1. The van der Waals surface area contributed by atoms with E-state index in [-0.39, 0.29) is 43.8 Å². The number of piperidine rings is 1. The number of rotatable bonds is 6. The molecule has 1 fully saturated rings. The number of likely N-dealkylation sites (tertiary alicyclic amines) is 1. The zero-order chi connectivity index (χ0) is 20.7. The molecule has 1 aliphatic rings. The average Bonchev–Trinajstić information content (AvgIpc) is 2.60. The van der Waals surface area contributed by atoms with Crippen molar-refractivity contribution < 1.29 is 29.0 Å². The fourth-order valence-electron chi connectivity index (χ4n) is 3.38. The molecule has 0 aliphatic carbocycles. The van der Waals surface area contributed by atoms with Crippen LogP contribution in [0.15, 0.2) is 30.3 Å². The summed E-state index contributed by atoms with van der Waals surface area (Å²) < 4.78 is 10.7. The maximum absolute atomic E-state index is 12.4. The van der Waals surface area contributed by atoms with E-state index in [1.807, 2.05) is 30.3 Å². The summed E-state index contributed by atoms with van der Waals surface area (Å²) in [5, 5.41) is 9.17. The molecule has 0 aromatic heterocycles. The molecule has 7 heteroatoms. The van der Waals surface area contributed by atoms with E-state index in [1.165, 1.54) is 0 Å². The molecule has 154 valence electrons. The molecule has 0 bridgehead atoms. The lowest BCUT2D eigenvalue weighted by molar-refractivity contribution is -0.157. The van der Waals surface area contributed by atoms with Crippen molar-refractivity contribution in [3.8, 4) is 0 Å². The maximum Gasteiger partial charge on any atom is 0.410 e. The molecule has 0 unspecified atom stereocenters. The van der Waals surface area contributed by atoms with Gasteiger partial charge in [0.1, 0.15) is 12.2 Å². The SMILES string of the molecule is CC(C)(C)OC(=O)C[C@H]1CN(C(=O)OCc2ccccc2)CC[C@H]1CC(=O)O. The molecule has 0 radical (unpaired) electrons. The highest BCUT2D eigenvalue weighted by Crippen LogP contribution is 2.30. The maximum atomic E-state index is 12.4. The Kier molecular flexibility index (Phi) is 7.43. The molecule has 0 saturated carbocycles. The van der Waals surface area contributed by atoms with E-state index in [4.69, 9.17) is 14.6 Å². The smallest absolute Gasteiger partial charge is 0.410 e. The second-order valence-corrected chi connectivity index (χ2v) is 8.18. The third-order valence-electron chi connectivity index (χ3n) is 4.64. The average molecular weight is 391 g/mol. The van der Waals surface area contributed by atoms with Gasteiger partial charge in [-0.1, -0.05) is 30.3 Å². The van der Waals surface area contributed by atoms with Crippen molar-refractivity contribution in [2.24, 2.45) is 11.8 Å². The second-order valence-electron chi connectivity index (χ2n) is 8.18. The predicted octanol–water partition coefficient (Wildman–Crippen LogP) is 3.47. The Hall–Kier alpha value is -2.57. The molecule has 2 atom stereocenters. The number of hydrogen-bond donors (Lipinski definition) is 1. The van der Waals surface area contributed by atoms with Gasteiger partial charge in [0.2, 0.25) is 0 Å². The van der Waals surface area contributed by atoms with Crippen LogP contribution in [0.3, 0.4) is 0 Å². The normalized spacial score (nSPS) is 19.8. The fourth-order valence-corrected chi connectivity index (χ4v) is 3.38. The number of aliphatic carboxylic acids is 1. The Morgan fingerprint density at radius 1 is 1.11 bits per heavy atom. The third-order valence-corrected chi connectivity index (χ3v) is 4.64. The van der Waals surface area contributed by atoms with Crippen molar-refractivity contribution in [3.05, 3.63) is 35.9 Å². The van der Waals surface area contributed by atoms with Gasteiger partial charge in [-0.2, -0.15) is 0 Å². The number of ether oxygens (including phenoxy) is 2. The van der Waals surface area contributed by atoms with Gasteiger partial charge in [-0.05, 0) is 44.6 Å². The van der Waals surface area contributed by atoms with Crippen LogP contribution in [-0.4, -0.2) is 46.7 Å². The van der Waals surface area contributed by atoms with E-state index in [9.17, 15) is 14.4 Å². The molecule has 28 heavy (non-hydrogen) atoms. The molecule has 1 aliphatic heterocycles. The number of esters is 1. The Morgan fingerprint density at radius 3 is 2.39 bits per heavy atom. The van der Waals surface area contributed by atoms with E-state index < -0.39 is 17.7 Å². The summed E-state index contributed by atoms with van der Waals surface area (Å²) in [7, 11) is 0. The lowest BCUT2D eigenvalue weighted by Crippen LogP contribution is -2.45. The summed E-state index contributed by atoms with van der Waals surface area (Å²) in [6.45, 7) is 6.22. The summed E-state index contributed by atoms with van der Waals surface area (Å²) in [5.74, 6) is -1.74. The standard InChI is InChI=1S/C21H29NO6/c1-21(2,3)28-19(25)12-17-13-22(10-9-16(17)11-18(23)24)20(26)27-14-15-7-5-4-6-8-15/h4-8,16-17H,9-14H2,1-3H3,(H,23,24)/t16-,17-/m0/s1. The minimum atomic E-state index is -0.903. The van der Waals surface area contributed by atoms with Crippen molar-refractivity contribution in [2.75, 3.05) is 13.1 Å². The minimum absolute atomic E-state index is 0.0274. The monoisotopic (exact) mass is 391 g/mol. The van der Waals surface area contributed by atoms with Crippen LogP contribution in [0, 0.1) is 11.8 Å². The van der Waals surface area contributed by atoms with E-state index in [1.54, 1.807) is 25.7 Å². The highest BCUT2D eigenvalue weighted by molar-refractivity contribution is 5.72. The largest absolute Gasteiger partial charge is 0.481 e. The van der Waals surface area contributed by atoms with Gasteiger partial charge in [0.05, 0.1) is 6.42 Å². The van der Waals surface area contributed by atoms with Crippen LogP contribution in [0.4, 0.5) is 4.79 Å². The number of carboxylic acid groups (broad SMARTS) is 1. The molecule has 1 aromatic carbocycles. The minimum Gasteiger partial charge on any atom is -0.481 e. The first-order valence-electron chi connectivity index (χ1n) is 9.53. The van der Waals surface area contributed by atoms with Crippen molar-refractivity contribution in [1.29, 1.82) is 0 Å². The van der Waals surface area contributed by atoms with E-state index in [2.05, 4.69) is 0 Å². The van der Waals surface area contributed by atoms with Gasteiger partial charge in [0.15, 0.2) is 0 Å². The lowest BCUT2D eigenvalue weighted by Gasteiger charge is -2.37. The number of amides is 1. The first-order valence-corrected chi connectivity index (χ1v) is 9.53. The van der Waals surface area contributed by atoms with E-state index in [0.29, 0.717) is 13.0 Å². The van der Waals surface area contributed by atoms with Gasteiger partial charge in [-0.15, -0.1) is 0 Å². The van der Waals surface area contributed by atoms with Crippen molar-refractivity contribution in [2.45, 2.75) is 52.2 Å². The molecular formula is C21H29NO6. The van der Waals surface area contributed by atoms with Gasteiger partial charge >= 0.3 is 18.0 Å². The number of carbonyl (C=O) groups excluding carboxylic acids is 2. The van der Waals surface area contributed by atoms with E-state index >= 15 is 0 Å². The van der Waals surface area contributed by atoms with Crippen molar-refractivity contribution in [3.63, 3.8) is 0 Å². The lowest BCUT2D eigenvalue weighted by atomic mass is 9.81. The van der Waals surface area contributed by atoms with Crippen LogP contribution in [0.5, 0.6) is 0 Å². The molecule has 1 N–H and O–H groups in total. The van der Waals surface area contributed by atoms with Gasteiger partial charge in [0, 0.05) is 19.5 Å². The fraction of sp³-hybridized carbons (Fsp3) is 0.571. The number of hydrogen-bond acceptors (Lipinski definition) is 5. The summed E-state index contributed by atoms with van der Waals surface area (Å²) >= 11 is 0. The Bertz CT molecular complexity index is 682. The van der Waals surface area contributed by atoms with Crippen LogP contribution in [0.1, 0.15) is 45.6 Å². The van der Waals surface area contributed by atoms with Crippen molar-refractivity contribution >= 4 is 18.0 Å². The first-order chi connectivity index (χ1) is 13.1.